The topological polar surface area (TPSA) is 9.23 Å². The molecule has 0 bridgehead atoms. The molecule has 0 unspecified atom stereocenters. The van der Waals surface area contributed by atoms with Crippen LogP contribution in [0.2, 0.25) is 0 Å². The number of hydrogen-bond donors (Lipinski definition) is 0. The Hall–Kier alpha value is -1.50. The van der Waals surface area contributed by atoms with Crippen LogP contribution in [0, 0.1) is 0 Å². The van der Waals surface area contributed by atoms with Crippen molar-refractivity contribution in [2.24, 2.45) is 0 Å². The van der Waals surface area contributed by atoms with Gasteiger partial charge in [-0.2, -0.15) is 0 Å². The third-order valence-electron chi connectivity index (χ3n) is 3.00. The van der Waals surface area contributed by atoms with Crippen LogP contribution in [0.4, 0.5) is 0 Å². The number of benzene rings is 1. The first kappa shape index (κ1) is 14.6. The number of allylic oxidation sites excluding steroid dienone is 4. The molecule has 1 aromatic carbocycles. The Morgan fingerprint density at radius 1 is 1.17 bits per heavy atom. The number of ether oxygens (including phenoxy) is 1. The van der Waals surface area contributed by atoms with Crippen LogP contribution in [0.3, 0.4) is 0 Å². The Balaban J connectivity index is 2.80. The van der Waals surface area contributed by atoms with Crippen molar-refractivity contribution in [3.63, 3.8) is 0 Å². The van der Waals surface area contributed by atoms with Crippen molar-refractivity contribution in [1.29, 1.82) is 0 Å². The average molecular weight is 244 g/mol. The van der Waals surface area contributed by atoms with Gasteiger partial charge in [0.05, 0.1) is 7.11 Å². The summed E-state index contributed by atoms with van der Waals surface area (Å²) in [4.78, 5) is 0. The second-order valence-corrected chi connectivity index (χ2v) is 4.40. The maximum Gasteiger partial charge on any atom is 0.118 e. The van der Waals surface area contributed by atoms with Crippen LogP contribution in [0.1, 0.15) is 45.1 Å². The van der Waals surface area contributed by atoms with Crippen molar-refractivity contribution in [2.75, 3.05) is 7.11 Å². The van der Waals surface area contributed by atoms with Gasteiger partial charge in [-0.25, -0.2) is 0 Å². The number of methoxy groups -OCH3 is 1. The number of hydrogen-bond acceptors (Lipinski definition) is 1. The molecule has 1 nitrogen and oxygen atoms in total. The minimum absolute atomic E-state index is 0.915. The van der Waals surface area contributed by atoms with Gasteiger partial charge >= 0.3 is 0 Å². The van der Waals surface area contributed by atoms with Crippen molar-refractivity contribution < 1.29 is 4.74 Å². The van der Waals surface area contributed by atoms with Crippen LogP contribution in [0.15, 0.2) is 42.5 Å². The zero-order valence-corrected chi connectivity index (χ0v) is 11.8. The number of unbranched alkanes of at least 4 members (excludes halogenated alkanes) is 2. The zero-order valence-electron chi connectivity index (χ0n) is 11.8. The standard InChI is InChI=1S/C17H24O/c1-4-6-8-10-15(9-7-5-2)16-11-13-17(18-3)14-12-16/h5,7,9,11-14H,4,6,8,10H2,1-3H3/b7-5+,15-9-. The molecule has 0 fully saturated rings. The minimum atomic E-state index is 0.915. The molecular weight excluding hydrogens is 220 g/mol. The molecule has 1 heteroatoms. The van der Waals surface area contributed by atoms with Crippen LogP contribution in [-0.2, 0) is 0 Å². The van der Waals surface area contributed by atoms with Crippen LogP contribution < -0.4 is 4.74 Å². The van der Waals surface area contributed by atoms with E-state index in [9.17, 15) is 0 Å². The van der Waals surface area contributed by atoms with Crippen LogP contribution in [0.25, 0.3) is 5.57 Å². The van der Waals surface area contributed by atoms with Gasteiger partial charge in [-0.3, -0.25) is 0 Å². The van der Waals surface area contributed by atoms with Gasteiger partial charge < -0.3 is 4.74 Å². The molecule has 18 heavy (non-hydrogen) atoms. The normalized spacial score (nSPS) is 12.1. The molecule has 0 radical (unpaired) electrons. The molecule has 0 heterocycles. The summed E-state index contributed by atoms with van der Waals surface area (Å²) < 4.78 is 5.20. The lowest BCUT2D eigenvalue weighted by atomic mass is 9.99. The molecule has 0 saturated heterocycles. The van der Waals surface area contributed by atoms with E-state index in [4.69, 9.17) is 4.74 Å². The van der Waals surface area contributed by atoms with Crippen molar-refractivity contribution in [2.45, 2.75) is 39.5 Å². The average Bonchev–Trinajstić information content (AvgIpc) is 2.43. The Kier molecular flexibility index (Phi) is 6.93. The third kappa shape index (κ3) is 4.79. The van der Waals surface area contributed by atoms with Crippen molar-refractivity contribution in [3.05, 3.63) is 48.1 Å². The maximum absolute atomic E-state index is 5.20. The van der Waals surface area contributed by atoms with Gasteiger partial charge in [0, 0.05) is 0 Å². The second kappa shape index (κ2) is 8.57. The van der Waals surface area contributed by atoms with E-state index in [1.54, 1.807) is 7.11 Å². The lowest BCUT2D eigenvalue weighted by Gasteiger charge is -2.08. The molecule has 0 saturated carbocycles. The molecule has 0 atom stereocenters. The second-order valence-electron chi connectivity index (χ2n) is 4.40. The fourth-order valence-electron chi connectivity index (χ4n) is 1.91. The van der Waals surface area contributed by atoms with E-state index in [2.05, 4.69) is 37.3 Å². The SMILES string of the molecule is C/C=C/C=C(/CCCCC)c1ccc(OC)cc1. The van der Waals surface area contributed by atoms with E-state index in [0.29, 0.717) is 0 Å². The Morgan fingerprint density at radius 3 is 2.44 bits per heavy atom. The molecule has 0 aliphatic carbocycles. The molecule has 0 amide bonds. The van der Waals surface area contributed by atoms with Crippen LogP contribution in [0.5, 0.6) is 5.75 Å². The summed E-state index contributed by atoms with van der Waals surface area (Å²) in [6.07, 6.45) is 11.4. The van der Waals surface area contributed by atoms with Gasteiger partial charge in [0.2, 0.25) is 0 Å². The van der Waals surface area contributed by atoms with Gasteiger partial charge in [0.15, 0.2) is 0 Å². The fourth-order valence-corrected chi connectivity index (χ4v) is 1.91. The highest BCUT2D eigenvalue weighted by Crippen LogP contribution is 2.23. The first-order valence-corrected chi connectivity index (χ1v) is 6.78. The fraction of sp³-hybridized carbons (Fsp3) is 0.412. The predicted molar refractivity (Wildman–Crippen MR) is 79.9 cm³/mol. The van der Waals surface area contributed by atoms with E-state index in [0.717, 1.165) is 12.2 Å². The first-order chi connectivity index (χ1) is 8.81. The maximum atomic E-state index is 5.20. The van der Waals surface area contributed by atoms with Gasteiger partial charge in [-0.15, -0.1) is 0 Å². The highest BCUT2D eigenvalue weighted by molar-refractivity contribution is 5.67. The van der Waals surface area contributed by atoms with Gasteiger partial charge in [-0.1, -0.05) is 50.1 Å². The molecule has 1 aromatic rings. The van der Waals surface area contributed by atoms with Crippen molar-refractivity contribution >= 4 is 5.57 Å². The summed E-state index contributed by atoms with van der Waals surface area (Å²) in [6, 6.07) is 8.33. The lowest BCUT2D eigenvalue weighted by Crippen LogP contribution is -1.87. The summed E-state index contributed by atoms with van der Waals surface area (Å²) in [5.41, 5.74) is 2.70. The van der Waals surface area contributed by atoms with E-state index in [1.807, 2.05) is 19.1 Å². The Morgan fingerprint density at radius 2 is 1.89 bits per heavy atom. The summed E-state index contributed by atoms with van der Waals surface area (Å²) in [7, 11) is 1.70. The quantitative estimate of drug-likeness (QED) is 0.471. The van der Waals surface area contributed by atoms with E-state index < -0.39 is 0 Å². The number of rotatable bonds is 7. The highest BCUT2D eigenvalue weighted by atomic mass is 16.5. The zero-order chi connectivity index (χ0) is 13.2. The molecule has 1 rings (SSSR count). The smallest absolute Gasteiger partial charge is 0.118 e. The van der Waals surface area contributed by atoms with Crippen molar-refractivity contribution in [1.82, 2.24) is 0 Å². The summed E-state index contributed by atoms with van der Waals surface area (Å²) >= 11 is 0. The summed E-state index contributed by atoms with van der Waals surface area (Å²) in [5, 5.41) is 0. The molecular formula is C17H24O. The summed E-state index contributed by atoms with van der Waals surface area (Å²) in [5.74, 6) is 0.915. The Labute approximate surface area is 111 Å². The largest absolute Gasteiger partial charge is 0.497 e. The monoisotopic (exact) mass is 244 g/mol. The molecule has 0 N–H and O–H groups in total. The van der Waals surface area contributed by atoms with Crippen LogP contribution >= 0.6 is 0 Å². The highest BCUT2D eigenvalue weighted by Gasteiger charge is 2.01. The van der Waals surface area contributed by atoms with E-state index in [1.165, 1.54) is 30.4 Å². The Bertz CT molecular complexity index is 385. The summed E-state index contributed by atoms with van der Waals surface area (Å²) in [6.45, 7) is 4.29. The first-order valence-electron chi connectivity index (χ1n) is 6.78. The molecule has 0 aliphatic rings. The van der Waals surface area contributed by atoms with Gasteiger partial charge in [0.1, 0.15) is 5.75 Å². The van der Waals surface area contributed by atoms with E-state index >= 15 is 0 Å². The molecule has 0 aliphatic heterocycles. The molecule has 0 spiro atoms. The van der Waals surface area contributed by atoms with E-state index in [-0.39, 0.29) is 0 Å². The van der Waals surface area contributed by atoms with Crippen LogP contribution in [-0.4, -0.2) is 7.11 Å². The van der Waals surface area contributed by atoms with Gasteiger partial charge in [-0.05, 0) is 43.0 Å². The minimum Gasteiger partial charge on any atom is -0.497 e. The third-order valence-corrected chi connectivity index (χ3v) is 3.00. The van der Waals surface area contributed by atoms with Gasteiger partial charge in [0.25, 0.3) is 0 Å². The van der Waals surface area contributed by atoms with Crippen molar-refractivity contribution in [3.8, 4) is 5.75 Å². The predicted octanol–water partition coefficient (Wildman–Crippen LogP) is 5.24. The lowest BCUT2D eigenvalue weighted by molar-refractivity contribution is 0.415. The molecule has 98 valence electrons. The molecule has 0 aromatic heterocycles.